The molecule has 4 heterocycles. The standard InChI is InChI=1S/C20H28N6O2S/c1-14-10-25(11-15(2)28-14)12-16-5-7-26(8-6-16)18-4-3-17(9-21-18)19(27)23-20-24-22-13-29-20/h3-4,9,13-16H,5-8,10-12H2,1-2H3,(H,23,24,27). The molecule has 0 radical (unpaired) electrons. The maximum Gasteiger partial charge on any atom is 0.259 e. The number of carbonyl (C=O) groups is 1. The van der Waals surface area contributed by atoms with Gasteiger partial charge in [0.05, 0.1) is 17.8 Å². The Balaban J connectivity index is 1.27. The summed E-state index contributed by atoms with van der Waals surface area (Å²) in [4.78, 5) is 21.6. The third-order valence-corrected chi connectivity index (χ3v) is 6.15. The highest BCUT2D eigenvalue weighted by atomic mass is 32.1. The number of aromatic nitrogens is 3. The second kappa shape index (κ2) is 9.15. The molecular formula is C20H28N6O2S. The van der Waals surface area contributed by atoms with Gasteiger partial charge >= 0.3 is 0 Å². The fourth-order valence-electron chi connectivity index (χ4n) is 4.25. The molecule has 0 aromatic carbocycles. The van der Waals surface area contributed by atoms with Gasteiger partial charge in [-0.2, -0.15) is 0 Å². The Hall–Kier alpha value is -2.10. The molecule has 2 aromatic rings. The number of anilines is 2. The predicted molar refractivity (Wildman–Crippen MR) is 113 cm³/mol. The van der Waals surface area contributed by atoms with Crippen LogP contribution in [0.5, 0.6) is 0 Å². The number of morpholine rings is 1. The van der Waals surface area contributed by atoms with Gasteiger partial charge in [0.15, 0.2) is 0 Å². The second-order valence-electron chi connectivity index (χ2n) is 8.01. The van der Waals surface area contributed by atoms with Crippen LogP contribution in [0.1, 0.15) is 37.0 Å². The van der Waals surface area contributed by atoms with E-state index in [1.54, 1.807) is 11.7 Å². The van der Waals surface area contributed by atoms with Crippen LogP contribution in [0.2, 0.25) is 0 Å². The van der Waals surface area contributed by atoms with Crippen molar-refractivity contribution in [3.8, 4) is 0 Å². The SMILES string of the molecule is CC1CN(CC2CCN(c3ccc(C(=O)Nc4nncs4)cn3)CC2)CC(C)O1. The van der Waals surface area contributed by atoms with Gasteiger partial charge in [0.1, 0.15) is 11.3 Å². The van der Waals surface area contributed by atoms with Gasteiger partial charge in [-0.05, 0) is 44.7 Å². The van der Waals surface area contributed by atoms with Crippen LogP contribution in [0.4, 0.5) is 10.9 Å². The zero-order valence-electron chi connectivity index (χ0n) is 17.0. The highest BCUT2D eigenvalue weighted by Crippen LogP contribution is 2.24. The molecule has 0 spiro atoms. The number of nitrogens with one attached hydrogen (secondary N) is 1. The Labute approximate surface area is 175 Å². The Morgan fingerprint density at radius 3 is 2.62 bits per heavy atom. The molecule has 2 aliphatic heterocycles. The molecular weight excluding hydrogens is 388 g/mol. The topological polar surface area (TPSA) is 83.5 Å². The van der Waals surface area contributed by atoms with E-state index in [1.807, 2.05) is 12.1 Å². The second-order valence-corrected chi connectivity index (χ2v) is 8.84. The summed E-state index contributed by atoms with van der Waals surface area (Å²) in [6.45, 7) is 9.56. The van der Waals surface area contributed by atoms with E-state index in [4.69, 9.17) is 4.74 Å². The highest BCUT2D eigenvalue weighted by Gasteiger charge is 2.27. The van der Waals surface area contributed by atoms with Gasteiger partial charge in [0.25, 0.3) is 5.91 Å². The molecule has 4 rings (SSSR count). The summed E-state index contributed by atoms with van der Waals surface area (Å²) in [6, 6.07) is 3.75. The van der Waals surface area contributed by atoms with Crippen molar-refractivity contribution in [1.82, 2.24) is 20.1 Å². The molecule has 2 aromatic heterocycles. The van der Waals surface area contributed by atoms with Crippen molar-refractivity contribution in [3.05, 3.63) is 29.4 Å². The first-order chi connectivity index (χ1) is 14.1. The maximum atomic E-state index is 12.2. The lowest BCUT2D eigenvalue weighted by Crippen LogP contribution is -2.48. The number of piperidine rings is 1. The minimum atomic E-state index is -0.214. The van der Waals surface area contributed by atoms with E-state index in [2.05, 4.69) is 44.1 Å². The molecule has 156 valence electrons. The number of rotatable bonds is 5. The van der Waals surface area contributed by atoms with Crippen LogP contribution in [0, 0.1) is 5.92 Å². The lowest BCUT2D eigenvalue weighted by Gasteiger charge is -2.39. The van der Waals surface area contributed by atoms with Crippen LogP contribution in [-0.2, 0) is 4.74 Å². The minimum absolute atomic E-state index is 0.214. The zero-order chi connectivity index (χ0) is 20.2. The van der Waals surface area contributed by atoms with E-state index in [-0.39, 0.29) is 5.91 Å². The zero-order valence-corrected chi connectivity index (χ0v) is 17.8. The maximum absolute atomic E-state index is 12.2. The number of pyridine rings is 1. The Morgan fingerprint density at radius 2 is 2.00 bits per heavy atom. The number of carbonyl (C=O) groups excluding carboxylic acids is 1. The molecule has 0 bridgehead atoms. The molecule has 1 amide bonds. The molecule has 0 aliphatic carbocycles. The van der Waals surface area contributed by atoms with E-state index in [0.717, 1.165) is 44.5 Å². The summed E-state index contributed by atoms with van der Waals surface area (Å²) in [6.07, 6.45) is 4.62. The van der Waals surface area contributed by atoms with Gasteiger partial charge in [-0.25, -0.2) is 4.98 Å². The lowest BCUT2D eigenvalue weighted by atomic mass is 9.95. The van der Waals surface area contributed by atoms with Gasteiger partial charge in [-0.3, -0.25) is 15.0 Å². The van der Waals surface area contributed by atoms with Gasteiger partial charge in [-0.15, -0.1) is 10.2 Å². The summed E-state index contributed by atoms with van der Waals surface area (Å²) in [7, 11) is 0. The average Bonchev–Trinajstić information content (AvgIpc) is 3.21. The van der Waals surface area contributed by atoms with E-state index in [9.17, 15) is 4.79 Å². The number of hydrogen-bond donors (Lipinski definition) is 1. The van der Waals surface area contributed by atoms with Crippen molar-refractivity contribution in [2.75, 3.05) is 42.9 Å². The van der Waals surface area contributed by atoms with E-state index < -0.39 is 0 Å². The molecule has 8 nitrogen and oxygen atoms in total. The van der Waals surface area contributed by atoms with Crippen molar-refractivity contribution in [3.63, 3.8) is 0 Å². The normalized spacial score (nSPS) is 23.9. The molecule has 9 heteroatoms. The monoisotopic (exact) mass is 416 g/mol. The van der Waals surface area contributed by atoms with E-state index in [1.165, 1.54) is 24.2 Å². The predicted octanol–water partition coefficient (Wildman–Crippen LogP) is 2.51. The number of nitrogens with zero attached hydrogens (tertiary/aromatic N) is 5. The highest BCUT2D eigenvalue weighted by molar-refractivity contribution is 7.13. The quantitative estimate of drug-likeness (QED) is 0.802. The van der Waals surface area contributed by atoms with Gasteiger partial charge in [0, 0.05) is 38.9 Å². The molecule has 2 aliphatic rings. The van der Waals surface area contributed by atoms with Crippen LogP contribution in [0.3, 0.4) is 0 Å². The Kier molecular flexibility index (Phi) is 6.37. The summed E-state index contributed by atoms with van der Waals surface area (Å²) in [5.74, 6) is 1.44. The summed E-state index contributed by atoms with van der Waals surface area (Å²) in [5, 5.41) is 10.8. The van der Waals surface area contributed by atoms with Gasteiger partial charge in [-0.1, -0.05) is 11.3 Å². The number of ether oxygens (including phenoxy) is 1. The Bertz CT molecular complexity index is 782. The Morgan fingerprint density at radius 1 is 1.24 bits per heavy atom. The number of amides is 1. The third-order valence-electron chi connectivity index (χ3n) is 5.54. The van der Waals surface area contributed by atoms with Crippen molar-refractivity contribution < 1.29 is 9.53 Å². The average molecular weight is 417 g/mol. The third kappa shape index (κ3) is 5.29. The van der Waals surface area contributed by atoms with Crippen LogP contribution >= 0.6 is 11.3 Å². The lowest BCUT2D eigenvalue weighted by molar-refractivity contribution is -0.0720. The van der Waals surface area contributed by atoms with Crippen molar-refractivity contribution >= 4 is 28.2 Å². The first kappa shape index (κ1) is 20.2. The van der Waals surface area contributed by atoms with Crippen molar-refractivity contribution in [2.45, 2.75) is 38.9 Å². The van der Waals surface area contributed by atoms with E-state index >= 15 is 0 Å². The van der Waals surface area contributed by atoms with E-state index in [0.29, 0.717) is 22.9 Å². The first-order valence-corrected chi connectivity index (χ1v) is 11.1. The van der Waals surface area contributed by atoms with Crippen LogP contribution in [-0.4, -0.2) is 70.9 Å². The van der Waals surface area contributed by atoms with Crippen LogP contribution in [0.25, 0.3) is 0 Å². The summed E-state index contributed by atoms with van der Waals surface area (Å²) < 4.78 is 5.84. The summed E-state index contributed by atoms with van der Waals surface area (Å²) in [5.41, 5.74) is 2.11. The van der Waals surface area contributed by atoms with Gasteiger partial charge in [0.2, 0.25) is 5.13 Å². The fraction of sp³-hybridized carbons (Fsp3) is 0.600. The van der Waals surface area contributed by atoms with Crippen LogP contribution in [0.15, 0.2) is 23.8 Å². The minimum Gasteiger partial charge on any atom is -0.373 e. The smallest absolute Gasteiger partial charge is 0.259 e. The molecule has 0 saturated carbocycles. The molecule has 2 saturated heterocycles. The molecule has 1 N–H and O–H groups in total. The molecule has 2 atom stereocenters. The fourth-order valence-corrected chi connectivity index (χ4v) is 4.69. The van der Waals surface area contributed by atoms with Gasteiger partial charge < -0.3 is 9.64 Å². The summed E-state index contributed by atoms with van der Waals surface area (Å²) >= 11 is 1.29. The first-order valence-electron chi connectivity index (χ1n) is 10.2. The molecule has 29 heavy (non-hydrogen) atoms. The van der Waals surface area contributed by atoms with Crippen molar-refractivity contribution in [1.29, 1.82) is 0 Å². The van der Waals surface area contributed by atoms with Crippen molar-refractivity contribution in [2.24, 2.45) is 5.92 Å². The van der Waals surface area contributed by atoms with Crippen LogP contribution < -0.4 is 10.2 Å². The molecule has 2 unspecified atom stereocenters. The largest absolute Gasteiger partial charge is 0.373 e. The number of hydrogen-bond acceptors (Lipinski definition) is 8. The molecule has 2 fully saturated rings.